The number of carbonyl (C=O) groups is 1. The normalized spacial score (nSPS) is 12.1. The van der Waals surface area contributed by atoms with E-state index >= 15 is 0 Å². The number of rotatable bonds is 4. The summed E-state index contributed by atoms with van der Waals surface area (Å²) in [5.41, 5.74) is 1.15. The van der Waals surface area contributed by atoms with E-state index in [-0.39, 0.29) is 10.7 Å². The van der Waals surface area contributed by atoms with E-state index in [1.54, 1.807) is 6.20 Å². The number of alkyl halides is 1. The average Bonchev–Trinajstić information content (AvgIpc) is 2.83. The molecule has 1 N–H and O–H groups in total. The number of benzene rings is 1. The van der Waals surface area contributed by atoms with Crippen LogP contribution >= 0.6 is 27.3 Å². The molecular weight excluding hydrogens is 312 g/mol. The Labute approximate surface area is 118 Å². The third kappa shape index (κ3) is 3.40. The Hall–Kier alpha value is -1.20. The molecule has 1 unspecified atom stereocenters. The van der Waals surface area contributed by atoms with Crippen molar-refractivity contribution in [1.82, 2.24) is 10.3 Å². The smallest absolute Gasteiger partial charge is 0.263 e. The minimum Gasteiger partial charge on any atom is -0.350 e. The Kier molecular flexibility index (Phi) is 4.49. The summed E-state index contributed by atoms with van der Waals surface area (Å²) >= 11 is 4.97. The van der Waals surface area contributed by atoms with E-state index in [4.69, 9.17) is 0 Å². The number of hydrogen-bond acceptors (Lipinski definition) is 3. The zero-order chi connectivity index (χ0) is 13.0. The van der Waals surface area contributed by atoms with Gasteiger partial charge in [0.05, 0.1) is 16.0 Å². The van der Waals surface area contributed by atoms with Gasteiger partial charge in [-0.05, 0) is 12.5 Å². The summed E-state index contributed by atoms with van der Waals surface area (Å²) in [5.74, 6) is -0.0685. The van der Waals surface area contributed by atoms with Crippen molar-refractivity contribution < 1.29 is 4.79 Å². The first-order chi connectivity index (χ1) is 8.66. The molecule has 1 aromatic heterocycles. The number of carbonyl (C=O) groups excluding carboxylic acids is 1. The Balaban J connectivity index is 1.90. The Morgan fingerprint density at radius 1 is 1.44 bits per heavy atom. The number of halogens is 1. The highest BCUT2D eigenvalue weighted by atomic mass is 79.9. The van der Waals surface area contributed by atoms with E-state index < -0.39 is 0 Å². The molecule has 0 aliphatic rings. The van der Waals surface area contributed by atoms with Crippen molar-refractivity contribution >= 4 is 33.2 Å². The summed E-state index contributed by atoms with van der Waals surface area (Å²) < 4.78 is 0. The fourth-order valence-corrected chi connectivity index (χ4v) is 2.68. The first-order valence-corrected chi connectivity index (χ1v) is 7.29. The van der Waals surface area contributed by atoms with Crippen molar-refractivity contribution in [1.29, 1.82) is 0 Å². The van der Waals surface area contributed by atoms with Crippen LogP contribution in [-0.2, 0) is 0 Å². The first kappa shape index (κ1) is 13.2. The second-order valence-electron chi connectivity index (χ2n) is 3.83. The lowest BCUT2D eigenvalue weighted by molar-refractivity contribution is 0.0958. The predicted octanol–water partition coefficient (Wildman–Crippen LogP) is 3.32. The zero-order valence-electron chi connectivity index (χ0n) is 9.89. The summed E-state index contributed by atoms with van der Waals surface area (Å²) in [5, 5.41) is 3.80. The minimum absolute atomic E-state index is 0.0685. The maximum atomic E-state index is 11.8. The fourth-order valence-electron chi connectivity index (χ4n) is 1.52. The Bertz CT molecular complexity index is 527. The van der Waals surface area contributed by atoms with Gasteiger partial charge in [-0.1, -0.05) is 46.3 Å². The van der Waals surface area contributed by atoms with Crippen LogP contribution in [0, 0.1) is 6.92 Å². The van der Waals surface area contributed by atoms with Gasteiger partial charge in [0.25, 0.3) is 5.91 Å². The molecule has 18 heavy (non-hydrogen) atoms. The molecular formula is C13H13BrN2OS. The van der Waals surface area contributed by atoms with Crippen LogP contribution in [0.3, 0.4) is 0 Å². The minimum atomic E-state index is -0.0685. The molecule has 5 heteroatoms. The summed E-state index contributed by atoms with van der Waals surface area (Å²) in [7, 11) is 0. The summed E-state index contributed by atoms with van der Waals surface area (Å²) in [6.07, 6.45) is 1.61. The van der Waals surface area contributed by atoms with Crippen molar-refractivity contribution in [2.45, 2.75) is 11.8 Å². The molecule has 1 heterocycles. The number of nitrogens with one attached hydrogen (secondary N) is 1. The summed E-state index contributed by atoms with van der Waals surface area (Å²) in [6, 6.07) is 10.0. The maximum absolute atomic E-state index is 11.8. The number of nitrogens with zero attached hydrogens (tertiary/aromatic N) is 1. The molecule has 0 spiro atoms. The second kappa shape index (κ2) is 6.11. The standard InChI is InChI=1S/C13H13BrN2OS/c1-9-15-8-12(18-9)13(17)16-7-11(14)10-5-3-2-4-6-10/h2-6,8,11H,7H2,1H3,(H,16,17). The average molecular weight is 325 g/mol. The van der Waals surface area contributed by atoms with Crippen LogP contribution in [0.2, 0.25) is 0 Å². The largest absolute Gasteiger partial charge is 0.350 e. The molecule has 0 aliphatic heterocycles. The maximum Gasteiger partial charge on any atom is 0.263 e. The van der Waals surface area contributed by atoms with Crippen molar-refractivity contribution in [2.75, 3.05) is 6.54 Å². The number of hydrogen-bond donors (Lipinski definition) is 1. The first-order valence-electron chi connectivity index (χ1n) is 5.56. The van der Waals surface area contributed by atoms with E-state index in [0.717, 1.165) is 10.6 Å². The Morgan fingerprint density at radius 2 is 2.17 bits per heavy atom. The molecule has 2 rings (SSSR count). The molecule has 0 fully saturated rings. The topological polar surface area (TPSA) is 42.0 Å². The lowest BCUT2D eigenvalue weighted by Gasteiger charge is -2.10. The number of aryl methyl sites for hydroxylation is 1. The third-order valence-corrected chi connectivity index (χ3v) is 4.21. The molecule has 2 aromatic rings. The monoisotopic (exact) mass is 324 g/mol. The van der Waals surface area contributed by atoms with Crippen molar-refractivity contribution in [3.63, 3.8) is 0 Å². The molecule has 3 nitrogen and oxygen atoms in total. The van der Waals surface area contributed by atoms with E-state index in [1.807, 2.05) is 37.3 Å². The lowest BCUT2D eigenvalue weighted by Crippen LogP contribution is -2.25. The Morgan fingerprint density at radius 3 is 2.78 bits per heavy atom. The molecule has 0 bridgehead atoms. The summed E-state index contributed by atoms with van der Waals surface area (Å²) in [4.78, 5) is 16.7. The van der Waals surface area contributed by atoms with Crippen LogP contribution < -0.4 is 5.32 Å². The van der Waals surface area contributed by atoms with Crippen molar-refractivity contribution in [2.24, 2.45) is 0 Å². The molecule has 0 radical (unpaired) electrons. The molecule has 1 amide bonds. The molecule has 1 atom stereocenters. The highest BCUT2D eigenvalue weighted by molar-refractivity contribution is 9.09. The molecule has 0 aliphatic carbocycles. The van der Waals surface area contributed by atoms with Crippen LogP contribution in [0.4, 0.5) is 0 Å². The molecule has 94 valence electrons. The second-order valence-corrected chi connectivity index (χ2v) is 6.17. The highest BCUT2D eigenvalue weighted by Gasteiger charge is 2.12. The van der Waals surface area contributed by atoms with Gasteiger partial charge in [0.15, 0.2) is 0 Å². The predicted molar refractivity (Wildman–Crippen MR) is 77.3 cm³/mol. The van der Waals surface area contributed by atoms with E-state index in [9.17, 15) is 4.79 Å². The van der Waals surface area contributed by atoms with Gasteiger partial charge in [-0.15, -0.1) is 11.3 Å². The van der Waals surface area contributed by atoms with Crippen LogP contribution in [0.25, 0.3) is 0 Å². The van der Waals surface area contributed by atoms with Gasteiger partial charge in [-0.2, -0.15) is 0 Å². The van der Waals surface area contributed by atoms with Gasteiger partial charge < -0.3 is 5.32 Å². The lowest BCUT2D eigenvalue weighted by atomic mass is 10.1. The molecule has 1 aromatic carbocycles. The van der Waals surface area contributed by atoms with E-state index in [0.29, 0.717) is 11.4 Å². The number of aromatic nitrogens is 1. The van der Waals surface area contributed by atoms with E-state index in [1.165, 1.54) is 11.3 Å². The van der Waals surface area contributed by atoms with Crippen molar-refractivity contribution in [3.8, 4) is 0 Å². The highest BCUT2D eigenvalue weighted by Crippen LogP contribution is 2.21. The van der Waals surface area contributed by atoms with Crippen LogP contribution in [0.15, 0.2) is 36.5 Å². The van der Waals surface area contributed by atoms with E-state index in [2.05, 4.69) is 26.2 Å². The zero-order valence-corrected chi connectivity index (χ0v) is 12.3. The fraction of sp³-hybridized carbons (Fsp3) is 0.231. The van der Waals surface area contributed by atoms with Gasteiger partial charge in [0.2, 0.25) is 0 Å². The quantitative estimate of drug-likeness (QED) is 0.876. The van der Waals surface area contributed by atoms with Crippen LogP contribution in [0.1, 0.15) is 25.1 Å². The van der Waals surface area contributed by atoms with Gasteiger partial charge >= 0.3 is 0 Å². The molecule has 0 saturated carbocycles. The third-order valence-electron chi connectivity index (χ3n) is 2.45. The van der Waals surface area contributed by atoms with Gasteiger partial charge in [-0.25, -0.2) is 4.98 Å². The summed E-state index contributed by atoms with van der Waals surface area (Å²) in [6.45, 7) is 2.44. The SMILES string of the molecule is Cc1ncc(C(=O)NCC(Br)c2ccccc2)s1. The van der Waals surface area contributed by atoms with Gasteiger partial charge in [0.1, 0.15) is 4.88 Å². The molecule has 0 saturated heterocycles. The van der Waals surface area contributed by atoms with Gasteiger partial charge in [-0.3, -0.25) is 4.79 Å². The van der Waals surface area contributed by atoms with Crippen molar-refractivity contribution in [3.05, 3.63) is 52.0 Å². The number of thiazole rings is 1. The van der Waals surface area contributed by atoms with Gasteiger partial charge in [0, 0.05) is 6.54 Å². The number of amides is 1. The van der Waals surface area contributed by atoms with Crippen LogP contribution in [0.5, 0.6) is 0 Å². The van der Waals surface area contributed by atoms with Crippen LogP contribution in [-0.4, -0.2) is 17.4 Å².